The van der Waals surface area contributed by atoms with Crippen LogP contribution in [0.15, 0.2) is 6.07 Å². The monoisotopic (exact) mass is 279 g/mol. The molecule has 4 N–H and O–H groups in total. The van der Waals surface area contributed by atoms with Crippen LogP contribution in [-0.2, 0) is 0 Å². The predicted molar refractivity (Wildman–Crippen MR) is 87.0 cm³/mol. The zero-order valence-corrected chi connectivity index (χ0v) is 13.7. The topological polar surface area (TPSA) is 75.9 Å². The molecule has 0 saturated carbocycles. The summed E-state index contributed by atoms with van der Waals surface area (Å²) in [5.41, 5.74) is 5.97. The molecule has 1 aromatic rings. The quantitative estimate of drug-likeness (QED) is 0.743. The van der Waals surface area contributed by atoms with Gasteiger partial charge in [-0.2, -0.15) is 9.97 Å². The first-order valence-electron chi connectivity index (χ1n) is 7.28. The molecule has 0 aliphatic rings. The van der Waals surface area contributed by atoms with Gasteiger partial charge in [-0.3, -0.25) is 0 Å². The Morgan fingerprint density at radius 3 is 2.25 bits per heavy atom. The van der Waals surface area contributed by atoms with Gasteiger partial charge in [-0.1, -0.05) is 27.7 Å². The Kier molecular flexibility index (Phi) is 5.20. The van der Waals surface area contributed by atoms with Gasteiger partial charge >= 0.3 is 0 Å². The number of nitrogens with one attached hydrogen (secondary N) is 2. The molecule has 1 rings (SSSR count). The third-order valence-electron chi connectivity index (χ3n) is 2.74. The van der Waals surface area contributed by atoms with Crippen LogP contribution in [0.1, 0.15) is 54.4 Å². The molecule has 0 radical (unpaired) electrons. The van der Waals surface area contributed by atoms with Crippen molar-refractivity contribution in [3.05, 3.63) is 6.07 Å². The third kappa shape index (κ3) is 6.08. The van der Waals surface area contributed by atoms with E-state index in [0.29, 0.717) is 5.95 Å². The van der Waals surface area contributed by atoms with Crippen molar-refractivity contribution >= 4 is 17.6 Å². The number of hydrogen-bond donors (Lipinski definition) is 3. The molecule has 114 valence electrons. The first-order valence-corrected chi connectivity index (χ1v) is 7.28. The number of hydrogen-bond acceptors (Lipinski definition) is 5. The lowest BCUT2D eigenvalue weighted by molar-refractivity contribution is 0.302. The molecule has 0 fully saturated rings. The second-order valence-corrected chi connectivity index (χ2v) is 7.17. The molecule has 0 atom stereocenters. The van der Waals surface area contributed by atoms with Gasteiger partial charge in [0.15, 0.2) is 0 Å². The molecule has 0 unspecified atom stereocenters. The van der Waals surface area contributed by atoms with Crippen molar-refractivity contribution < 1.29 is 0 Å². The highest BCUT2D eigenvalue weighted by molar-refractivity contribution is 5.52. The van der Waals surface area contributed by atoms with E-state index in [1.165, 1.54) is 0 Å². The molecule has 0 saturated heterocycles. The first kappa shape index (κ1) is 16.5. The van der Waals surface area contributed by atoms with Crippen molar-refractivity contribution in [2.75, 3.05) is 22.9 Å². The van der Waals surface area contributed by atoms with Crippen molar-refractivity contribution in [2.45, 2.75) is 59.9 Å². The highest BCUT2D eigenvalue weighted by atomic mass is 15.1. The molecule has 20 heavy (non-hydrogen) atoms. The van der Waals surface area contributed by atoms with E-state index in [1.807, 2.05) is 6.07 Å². The van der Waals surface area contributed by atoms with Crippen LogP contribution in [0, 0.1) is 5.41 Å². The number of rotatable bonds is 6. The van der Waals surface area contributed by atoms with Gasteiger partial charge in [0.2, 0.25) is 5.95 Å². The van der Waals surface area contributed by atoms with E-state index in [9.17, 15) is 0 Å². The minimum atomic E-state index is -0.0545. The van der Waals surface area contributed by atoms with Crippen LogP contribution < -0.4 is 16.4 Å². The normalized spacial score (nSPS) is 12.3. The predicted octanol–water partition coefficient (Wildman–Crippen LogP) is 3.51. The summed E-state index contributed by atoms with van der Waals surface area (Å²) >= 11 is 0. The second kappa shape index (κ2) is 6.29. The maximum absolute atomic E-state index is 5.78. The van der Waals surface area contributed by atoms with E-state index in [0.717, 1.165) is 31.0 Å². The highest BCUT2D eigenvalue weighted by Gasteiger charge is 2.25. The Labute approximate surface area is 122 Å². The molecule has 0 bridgehead atoms. The number of nitrogen functional groups attached to an aromatic ring is 1. The summed E-state index contributed by atoms with van der Waals surface area (Å²) in [7, 11) is 0. The zero-order valence-electron chi connectivity index (χ0n) is 13.7. The largest absolute Gasteiger partial charge is 0.370 e. The van der Waals surface area contributed by atoms with Crippen LogP contribution in [0.2, 0.25) is 0 Å². The van der Waals surface area contributed by atoms with Gasteiger partial charge in [-0.25, -0.2) is 0 Å². The van der Waals surface area contributed by atoms with E-state index < -0.39 is 0 Å². The SMILES string of the molecule is CCCNc1cc(NC(C)(C)CC(C)(C)C)nc(N)n1. The lowest BCUT2D eigenvalue weighted by Crippen LogP contribution is -2.35. The average molecular weight is 279 g/mol. The molecule has 0 aromatic carbocycles. The fraction of sp³-hybridized carbons (Fsp3) is 0.733. The first-order chi connectivity index (χ1) is 9.11. The lowest BCUT2D eigenvalue weighted by atomic mass is 9.82. The van der Waals surface area contributed by atoms with E-state index in [2.05, 4.69) is 62.1 Å². The van der Waals surface area contributed by atoms with Gasteiger partial charge in [0, 0.05) is 18.2 Å². The van der Waals surface area contributed by atoms with Crippen molar-refractivity contribution in [1.82, 2.24) is 9.97 Å². The number of anilines is 3. The summed E-state index contributed by atoms with van der Waals surface area (Å²) in [6.07, 6.45) is 2.07. The summed E-state index contributed by atoms with van der Waals surface area (Å²) in [5, 5.41) is 6.70. The summed E-state index contributed by atoms with van der Waals surface area (Å²) in [6.45, 7) is 14.0. The zero-order chi connectivity index (χ0) is 15.4. The summed E-state index contributed by atoms with van der Waals surface area (Å²) in [5.74, 6) is 1.83. The molecule has 1 heterocycles. The minimum Gasteiger partial charge on any atom is -0.370 e. The number of aromatic nitrogens is 2. The molecule has 0 aliphatic heterocycles. The van der Waals surface area contributed by atoms with Gasteiger partial charge in [0.25, 0.3) is 0 Å². The highest BCUT2D eigenvalue weighted by Crippen LogP contribution is 2.29. The fourth-order valence-corrected chi connectivity index (χ4v) is 2.59. The van der Waals surface area contributed by atoms with Gasteiger partial charge in [0.1, 0.15) is 11.6 Å². The van der Waals surface area contributed by atoms with Crippen LogP contribution in [0.5, 0.6) is 0 Å². The Hall–Kier alpha value is -1.52. The molecule has 0 aliphatic carbocycles. The standard InChI is InChI=1S/C15H29N5/c1-7-8-17-11-9-12(19-13(16)18-11)20-15(5,6)10-14(2,3)4/h9H,7-8,10H2,1-6H3,(H4,16,17,18,19,20). The van der Waals surface area contributed by atoms with Crippen LogP contribution in [-0.4, -0.2) is 22.1 Å². The summed E-state index contributed by atoms with van der Waals surface area (Å²) in [4.78, 5) is 8.46. The van der Waals surface area contributed by atoms with Crippen LogP contribution in [0.3, 0.4) is 0 Å². The Bertz CT molecular complexity index is 434. The van der Waals surface area contributed by atoms with E-state index in [4.69, 9.17) is 5.73 Å². The fourth-order valence-electron chi connectivity index (χ4n) is 2.59. The van der Waals surface area contributed by atoms with E-state index in [-0.39, 0.29) is 11.0 Å². The second-order valence-electron chi connectivity index (χ2n) is 7.17. The van der Waals surface area contributed by atoms with Gasteiger partial charge in [0.05, 0.1) is 0 Å². The maximum atomic E-state index is 5.78. The molecule has 1 aromatic heterocycles. The Morgan fingerprint density at radius 2 is 1.70 bits per heavy atom. The average Bonchev–Trinajstić information content (AvgIpc) is 2.21. The lowest BCUT2D eigenvalue weighted by Gasteiger charge is -2.33. The molecular weight excluding hydrogens is 250 g/mol. The molecule has 5 nitrogen and oxygen atoms in total. The molecular formula is C15H29N5. The van der Waals surface area contributed by atoms with Gasteiger partial charge < -0.3 is 16.4 Å². The van der Waals surface area contributed by atoms with Crippen LogP contribution in [0.4, 0.5) is 17.6 Å². The molecule has 5 heteroatoms. The Morgan fingerprint density at radius 1 is 1.10 bits per heavy atom. The smallest absolute Gasteiger partial charge is 0.223 e. The molecule has 0 amide bonds. The van der Waals surface area contributed by atoms with Crippen molar-refractivity contribution in [3.63, 3.8) is 0 Å². The number of nitrogens with zero attached hydrogens (tertiary/aromatic N) is 2. The third-order valence-corrected chi connectivity index (χ3v) is 2.74. The van der Waals surface area contributed by atoms with E-state index in [1.54, 1.807) is 0 Å². The van der Waals surface area contributed by atoms with Crippen molar-refractivity contribution in [1.29, 1.82) is 0 Å². The van der Waals surface area contributed by atoms with Crippen LogP contribution >= 0.6 is 0 Å². The van der Waals surface area contributed by atoms with E-state index >= 15 is 0 Å². The Balaban J connectivity index is 2.83. The summed E-state index contributed by atoms with van der Waals surface area (Å²) < 4.78 is 0. The van der Waals surface area contributed by atoms with Gasteiger partial charge in [-0.15, -0.1) is 0 Å². The van der Waals surface area contributed by atoms with Gasteiger partial charge in [-0.05, 0) is 32.1 Å². The summed E-state index contributed by atoms with van der Waals surface area (Å²) in [6, 6.07) is 1.91. The molecule has 0 spiro atoms. The van der Waals surface area contributed by atoms with Crippen LogP contribution in [0.25, 0.3) is 0 Å². The maximum Gasteiger partial charge on any atom is 0.223 e. The minimum absolute atomic E-state index is 0.0545. The number of nitrogens with two attached hydrogens (primary N) is 1. The van der Waals surface area contributed by atoms with Crippen molar-refractivity contribution in [2.24, 2.45) is 5.41 Å². The van der Waals surface area contributed by atoms with Crippen molar-refractivity contribution in [3.8, 4) is 0 Å².